The van der Waals surface area contributed by atoms with Gasteiger partial charge < -0.3 is 0 Å². The molecule has 0 aromatic carbocycles. The molecular weight excluding hydrogens is 174 g/mol. The van der Waals surface area contributed by atoms with Crippen LogP contribution in [0.1, 0.15) is 37.3 Å². The molecule has 0 saturated carbocycles. The molecule has 0 saturated heterocycles. The van der Waals surface area contributed by atoms with Gasteiger partial charge in [0.15, 0.2) is 0 Å². The molecular formula is C11H15N3. The average molecular weight is 189 g/mol. The summed E-state index contributed by atoms with van der Waals surface area (Å²) in [5.74, 6) is 0. The summed E-state index contributed by atoms with van der Waals surface area (Å²) in [6.45, 7) is 10.9. The van der Waals surface area contributed by atoms with Gasteiger partial charge in [0.1, 0.15) is 0 Å². The third-order valence-corrected chi connectivity index (χ3v) is 2.20. The van der Waals surface area contributed by atoms with Crippen molar-refractivity contribution in [3.8, 4) is 0 Å². The van der Waals surface area contributed by atoms with Crippen LogP contribution < -0.4 is 0 Å². The molecule has 0 spiro atoms. The van der Waals surface area contributed by atoms with Crippen molar-refractivity contribution >= 4 is 13.4 Å². The smallest absolute Gasteiger partial charge is 0.0884 e. The summed E-state index contributed by atoms with van der Waals surface area (Å²) in [4.78, 5) is 12.3. The number of nitrogens with zero attached hydrogens (tertiary/aromatic N) is 3. The molecule has 0 N–H and O–H groups in total. The Hall–Kier alpha value is -1.51. The highest BCUT2D eigenvalue weighted by Crippen LogP contribution is 2.18. The molecule has 2 atom stereocenters. The summed E-state index contributed by atoms with van der Waals surface area (Å²) in [5.41, 5.74) is 1.85. The van der Waals surface area contributed by atoms with Crippen LogP contribution in [-0.2, 0) is 0 Å². The Morgan fingerprint density at radius 3 is 1.86 bits per heavy atom. The molecule has 0 fully saturated rings. The van der Waals surface area contributed by atoms with Gasteiger partial charge in [-0.1, -0.05) is 6.07 Å². The third-order valence-electron chi connectivity index (χ3n) is 2.20. The van der Waals surface area contributed by atoms with Gasteiger partial charge in [0.25, 0.3) is 0 Å². The van der Waals surface area contributed by atoms with Crippen molar-refractivity contribution < 1.29 is 0 Å². The van der Waals surface area contributed by atoms with Gasteiger partial charge in [-0.25, -0.2) is 0 Å². The van der Waals surface area contributed by atoms with Gasteiger partial charge in [-0.3, -0.25) is 15.0 Å². The Morgan fingerprint density at radius 1 is 1.07 bits per heavy atom. The minimum atomic E-state index is 0.0342. The zero-order valence-corrected chi connectivity index (χ0v) is 8.64. The maximum atomic E-state index is 4.45. The number of hydrogen-bond donors (Lipinski definition) is 0. The quantitative estimate of drug-likeness (QED) is 0.671. The van der Waals surface area contributed by atoms with Crippen LogP contribution in [0.3, 0.4) is 0 Å². The van der Waals surface area contributed by atoms with Gasteiger partial charge in [0, 0.05) is 0 Å². The molecule has 1 rings (SSSR count). The highest BCUT2D eigenvalue weighted by atomic mass is 14.9. The van der Waals surface area contributed by atoms with E-state index in [-0.39, 0.29) is 12.1 Å². The lowest BCUT2D eigenvalue weighted by Gasteiger charge is -2.09. The van der Waals surface area contributed by atoms with Gasteiger partial charge in [0.05, 0.1) is 23.5 Å². The van der Waals surface area contributed by atoms with E-state index in [9.17, 15) is 0 Å². The molecule has 0 bridgehead atoms. The maximum Gasteiger partial charge on any atom is 0.0884 e. The van der Waals surface area contributed by atoms with Gasteiger partial charge in [-0.05, 0) is 39.4 Å². The van der Waals surface area contributed by atoms with Gasteiger partial charge in [0.2, 0.25) is 0 Å². The average Bonchev–Trinajstić information content (AvgIpc) is 2.27. The molecule has 0 aliphatic rings. The Balaban J connectivity index is 3.00. The van der Waals surface area contributed by atoms with Crippen LogP contribution in [0, 0.1) is 0 Å². The second kappa shape index (κ2) is 4.65. The van der Waals surface area contributed by atoms with Gasteiger partial charge in [-0.2, -0.15) is 0 Å². The molecule has 1 aromatic rings. The molecule has 0 aliphatic heterocycles. The molecule has 0 radical (unpaired) electrons. The van der Waals surface area contributed by atoms with E-state index < -0.39 is 0 Å². The Labute approximate surface area is 84.6 Å². The van der Waals surface area contributed by atoms with E-state index >= 15 is 0 Å². The second-order valence-corrected chi connectivity index (χ2v) is 3.20. The monoisotopic (exact) mass is 189 g/mol. The van der Waals surface area contributed by atoms with Crippen molar-refractivity contribution in [1.82, 2.24) is 4.98 Å². The van der Waals surface area contributed by atoms with E-state index in [1.807, 2.05) is 32.0 Å². The lowest BCUT2D eigenvalue weighted by atomic mass is 10.1. The van der Waals surface area contributed by atoms with Crippen molar-refractivity contribution in [1.29, 1.82) is 0 Å². The molecule has 1 aromatic heterocycles. The van der Waals surface area contributed by atoms with Crippen molar-refractivity contribution in [3.05, 3.63) is 29.6 Å². The van der Waals surface area contributed by atoms with Crippen LogP contribution >= 0.6 is 0 Å². The van der Waals surface area contributed by atoms with E-state index in [2.05, 4.69) is 28.4 Å². The number of pyridine rings is 1. The number of aliphatic imine (C=N–C) groups is 2. The maximum absolute atomic E-state index is 4.45. The number of aromatic nitrogens is 1. The van der Waals surface area contributed by atoms with E-state index in [0.717, 1.165) is 11.4 Å². The molecule has 0 amide bonds. The SMILES string of the molecule is C=NC(C)c1cccc(C(C)N=C)n1. The Bertz CT molecular complexity index is 304. The van der Waals surface area contributed by atoms with Crippen LogP contribution in [-0.4, -0.2) is 18.4 Å². The minimum Gasteiger partial charge on any atom is -0.292 e. The zero-order valence-electron chi connectivity index (χ0n) is 8.64. The van der Waals surface area contributed by atoms with E-state index in [4.69, 9.17) is 0 Å². The summed E-state index contributed by atoms with van der Waals surface area (Å²) in [7, 11) is 0. The normalized spacial score (nSPS) is 14.4. The van der Waals surface area contributed by atoms with Crippen LogP contribution in [0.25, 0.3) is 0 Å². The van der Waals surface area contributed by atoms with Crippen LogP contribution in [0.2, 0.25) is 0 Å². The lowest BCUT2D eigenvalue weighted by Crippen LogP contribution is -1.99. The first-order chi connectivity index (χ1) is 6.69. The molecule has 1 heterocycles. The topological polar surface area (TPSA) is 37.6 Å². The molecule has 14 heavy (non-hydrogen) atoms. The van der Waals surface area contributed by atoms with Crippen LogP contribution in [0.4, 0.5) is 0 Å². The van der Waals surface area contributed by atoms with Crippen LogP contribution in [0.5, 0.6) is 0 Å². The van der Waals surface area contributed by atoms with E-state index in [0.29, 0.717) is 0 Å². The molecule has 3 nitrogen and oxygen atoms in total. The van der Waals surface area contributed by atoms with Crippen molar-refractivity contribution in [2.24, 2.45) is 9.98 Å². The highest BCUT2D eigenvalue weighted by molar-refractivity contribution is 5.28. The largest absolute Gasteiger partial charge is 0.292 e. The molecule has 3 heteroatoms. The Morgan fingerprint density at radius 2 is 1.50 bits per heavy atom. The lowest BCUT2D eigenvalue weighted by molar-refractivity contribution is 0.737. The molecule has 74 valence electrons. The third kappa shape index (κ3) is 2.25. The first-order valence-corrected chi connectivity index (χ1v) is 4.57. The first-order valence-electron chi connectivity index (χ1n) is 4.57. The van der Waals surface area contributed by atoms with Gasteiger partial charge in [-0.15, -0.1) is 0 Å². The van der Waals surface area contributed by atoms with Gasteiger partial charge >= 0.3 is 0 Å². The predicted molar refractivity (Wildman–Crippen MR) is 60.2 cm³/mol. The second-order valence-electron chi connectivity index (χ2n) is 3.20. The summed E-state index contributed by atoms with van der Waals surface area (Å²) >= 11 is 0. The Kier molecular flexibility index (Phi) is 3.51. The predicted octanol–water partition coefficient (Wildman–Crippen LogP) is 2.60. The van der Waals surface area contributed by atoms with Crippen LogP contribution in [0.15, 0.2) is 28.2 Å². The van der Waals surface area contributed by atoms with E-state index in [1.54, 1.807) is 0 Å². The molecule has 0 aliphatic carbocycles. The summed E-state index contributed by atoms with van der Waals surface area (Å²) in [6, 6.07) is 5.91. The standard InChI is InChI=1S/C11H15N3/c1-8(12-3)10-6-5-7-11(14-10)9(2)13-4/h5-9H,3-4H2,1-2H3. The fourth-order valence-electron chi connectivity index (χ4n) is 1.12. The summed E-state index contributed by atoms with van der Waals surface area (Å²) in [6.07, 6.45) is 0. The van der Waals surface area contributed by atoms with Crippen molar-refractivity contribution in [3.63, 3.8) is 0 Å². The summed E-state index contributed by atoms with van der Waals surface area (Å²) in [5, 5.41) is 0. The first kappa shape index (κ1) is 10.6. The fourth-order valence-corrected chi connectivity index (χ4v) is 1.12. The minimum absolute atomic E-state index is 0.0342. The number of rotatable bonds is 4. The van der Waals surface area contributed by atoms with Crippen molar-refractivity contribution in [2.75, 3.05) is 0 Å². The number of hydrogen-bond acceptors (Lipinski definition) is 3. The highest BCUT2D eigenvalue weighted by Gasteiger charge is 2.07. The van der Waals surface area contributed by atoms with E-state index in [1.165, 1.54) is 0 Å². The zero-order chi connectivity index (χ0) is 10.6. The fraction of sp³-hybridized carbons (Fsp3) is 0.364. The summed E-state index contributed by atoms with van der Waals surface area (Å²) < 4.78 is 0. The molecule has 2 unspecified atom stereocenters. The van der Waals surface area contributed by atoms with Crippen molar-refractivity contribution in [2.45, 2.75) is 25.9 Å².